The molecular formula is C20H33NO5Si. The summed E-state index contributed by atoms with van der Waals surface area (Å²) in [6.45, 7) is 18.7. The van der Waals surface area contributed by atoms with Gasteiger partial charge >= 0.3 is 5.97 Å². The average molecular weight is 396 g/mol. The number of aromatic nitrogens is 1. The van der Waals surface area contributed by atoms with Crippen LogP contribution < -0.4 is 10.2 Å². The van der Waals surface area contributed by atoms with Crippen LogP contribution in [-0.2, 0) is 9.16 Å². The topological polar surface area (TPSA) is 77.6 Å². The van der Waals surface area contributed by atoms with Gasteiger partial charge in [-0.2, -0.15) is 0 Å². The number of carbonyl (C=O) groups is 1. The molecule has 2 unspecified atom stereocenters. The Labute approximate surface area is 163 Å². The van der Waals surface area contributed by atoms with Gasteiger partial charge in [0.2, 0.25) is 5.43 Å². The molecule has 152 valence electrons. The Kier molecular flexibility index (Phi) is 7.24. The predicted octanol–water partition coefficient (Wildman–Crippen LogP) is 4.45. The molecule has 0 aliphatic carbocycles. The molecule has 27 heavy (non-hydrogen) atoms. The van der Waals surface area contributed by atoms with E-state index in [9.17, 15) is 9.59 Å². The lowest BCUT2D eigenvalue weighted by atomic mass is 9.95. The summed E-state index contributed by atoms with van der Waals surface area (Å²) >= 11 is 0. The maximum atomic E-state index is 12.6. The molecule has 0 saturated heterocycles. The fraction of sp³-hybridized carbons (Fsp3) is 0.600. The minimum absolute atomic E-state index is 0.0137. The van der Waals surface area contributed by atoms with Gasteiger partial charge in [0.15, 0.2) is 19.8 Å². The van der Waals surface area contributed by atoms with E-state index in [0.717, 1.165) is 5.57 Å². The molecule has 1 rings (SSSR count). The normalized spacial score (nSPS) is 14.4. The van der Waals surface area contributed by atoms with Crippen molar-refractivity contribution in [3.63, 3.8) is 0 Å². The highest BCUT2D eigenvalue weighted by Gasteiger charge is 2.41. The molecule has 1 aromatic rings. The van der Waals surface area contributed by atoms with Crippen LogP contribution in [0, 0.1) is 5.92 Å². The summed E-state index contributed by atoms with van der Waals surface area (Å²) in [5.74, 6) is -0.798. The lowest BCUT2D eigenvalue weighted by Gasteiger charge is -2.41. The largest absolute Gasteiger partial charge is 0.491 e. The number of pyridine rings is 1. The smallest absolute Gasteiger partial charge is 0.358 e. The molecule has 1 N–H and O–H groups in total. The summed E-state index contributed by atoms with van der Waals surface area (Å²) in [6, 6.07) is 1.43. The van der Waals surface area contributed by atoms with Gasteiger partial charge in [-0.1, -0.05) is 39.8 Å². The summed E-state index contributed by atoms with van der Waals surface area (Å²) in [7, 11) is 0.439. The minimum atomic E-state index is -2.16. The number of hydrogen-bond acceptors (Lipinski definition) is 5. The van der Waals surface area contributed by atoms with Gasteiger partial charge in [-0.3, -0.25) is 4.79 Å². The number of aromatic amines is 1. The third-order valence-corrected chi connectivity index (χ3v) is 9.82. The molecule has 0 aromatic carbocycles. The Morgan fingerprint density at radius 1 is 1.26 bits per heavy atom. The fourth-order valence-corrected chi connectivity index (χ4v) is 3.68. The van der Waals surface area contributed by atoms with Crippen molar-refractivity contribution >= 4 is 14.3 Å². The van der Waals surface area contributed by atoms with E-state index in [1.807, 2.05) is 13.8 Å². The van der Waals surface area contributed by atoms with Crippen molar-refractivity contribution in [1.82, 2.24) is 4.98 Å². The van der Waals surface area contributed by atoms with Crippen LogP contribution in [0.15, 0.2) is 23.0 Å². The maximum Gasteiger partial charge on any atom is 0.358 e. The highest BCUT2D eigenvalue weighted by atomic mass is 28.4. The molecule has 7 heteroatoms. The predicted molar refractivity (Wildman–Crippen MR) is 110 cm³/mol. The first-order valence-corrected chi connectivity index (χ1v) is 11.9. The van der Waals surface area contributed by atoms with Crippen molar-refractivity contribution < 1.29 is 18.7 Å². The summed E-state index contributed by atoms with van der Waals surface area (Å²) in [5.41, 5.74) is 1.03. The Morgan fingerprint density at radius 3 is 2.22 bits per heavy atom. The molecule has 0 spiro atoms. The number of rotatable bonds is 7. The van der Waals surface area contributed by atoms with Crippen LogP contribution in [0.4, 0.5) is 0 Å². The summed E-state index contributed by atoms with van der Waals surface area (Å²) in [4.78, 5) is 27.7. The number of esters is 1. The van der Waals surface area contributed by atoms with Crippen LogP contribution in [0.2, 0.25) is 18.1 Å². The van der Waals surface area contributed by atoms with E-state index in [1.54, 1.807) is 0 Å². The van der Waals surface area contributed by atoms with Gasteiger partial charge in [0, 0.05) is 17.7 Å². The quantitative estimate of drug-likeness (QED) is 0.419. The van der Waals surface area contributed by atoms with Gasteiger partial charge < -0.3 is 18.9 Å². The van der Waals surface area contributed by atoms with E-state index in [1.165, 1.54) is 20.3 Å². The molecule has 0 fully saturated rings. The summed E-state index contributed by atoms with van der Waals surface area (Å²) in [6.07, 6.45) is -0.439. The summed E-state index contributed by atoms with van der Waals surface area (Å²) < 4.78 is 16.5. The number of ether oxygens (including phenoxy) is 2. The third-order valence-electron chi connectivity index (χ3n) is 5.37. The maximum absolute atomic E-state index is 12.6. The van der Waals surface area contributed by atoms with Crippen LogP contribution >= 0.6 is 0 Å². The number of H-pyrrole nitrogens is 1. The monoisotopic (exact) mass is 395 g/mol. The Balaban J connectivity index is 3.60. The Morgan fingerprint density at radius 2 is 1.81 bits per heavy atom. The molecule has 2 atom stereocenters. The molecule has 1 heterocycles. The first-order chi connectivity index (χ1) is 12.3. The second-order valence-corrected chi connectivity index (χ2v) is 13.2. The second-order valence-electron chi connectivity index (χ2n) is 8.42. The van der Waals surface area contributed by atoms with E-state index in [-0.39, 0.29) is 22.4 Å². The van der Waals surface area contributed by atoms with Crippen LogP contribution in [0.25, 0.3) is 0 Å². The second kappa shape index (κ2) is 8.44. The van der Waals surface area contributed by atoms with Crippen LogP contribution in [0.1, 0.15) is 56.9 Å². The van der Waals surface area contributed by atoms with E-state index >= 15 is 0 Å². The fourth-order valence-electron chi connectivity index (χ4n) is 2.36. The highest BCUT2D eigenvalue weighted by Crippen LogP contribution is 2.42. The Hall–Kier alpha value is -1.86. The number of carbonyl (C=O) groups excluding carboxylic acids is 1. The zero-order valence-electron chi connectivity index (χ0n) is 18.0. The van der Waals surface area contributed by atoms with Crippen molar-refractivity contribution in [3.8, 4) is 5.75 Å². The number of nitrogens with one attached hydrogen (secondary N) is 1. The zero-order valence-corrected chi connectivity index (χ0v) is 19.0. The van der Waals surface area contributed by atoms with E-state index < -0.39 is 25.8 Å². The van der Waals surface area contributed by atoms with Crippen molar-refractivity contribution in [2.75, 3.05) is 14.2 Å². The Bertz CT molecular complexity index is 761. The highest BCUT2D eigenvalue weighted by molar-refractivity contribution is 6.74. The lowest BCUT2D eigenvalue weighted by molar-refractivity contribution is 0.0587. The first kappa shape index (κ1) is 23.2. The summed E-state index contributed by atoms with van der Waals surface area (Å²) in [5, 5.41) is -0.0159. The van der Waals surface area contributed by atoms with Gasteiger partial charge in [0.25, 0.3) is 0 Å². The average Bonchev–Trinajstić information content (AvgIpc) is 2.56. The van der Waals surface area contributed by atoms with E-state index in [2.05, 4.69) is 45.4 Å². The van der Waals surface area contributed by atoms with Crippen molar-refractivity contribution in [2.45, 2.75) is 58.9 Å². The SMILES string of the molecule is C=C(C)C(C)C(O[Si](C)(C)C(C)(C)C)c1cc(=O)c(OC)c(C(=O)OC)[nH]1. The molecule has 0 bridgehead atoms. The zero-order chi connectivity index (χ0) is 21.2. The van der Waals surface area contributed by atoms with Gasteiger partial charge in [0.1, 0.15) is 0 Å². The lowest BCUT2D eigenvalue weighted by Crippen LogP contribution is -2.43. The van der Waals surface area contributed by atoms with Gasteiger partial charge in [-0.25, -0.2) is 4.79 Å². The molecule has 0 saturated carbocycles. The first-order valence-electron chi connectivity index (χ1n) is 8.99. The van der Waals surface area contributed by atoms with Crippen molar-refractivity contribution in [2.24, 2.45) is 5.92 Å². The molecular weight excluding hydrogens is 362 g/mol. The molecule has 0 aliphatic heterocycles. The van der Waals surface area contributed by atoms with Crippen molar-refractivity contribution in [1.29, 1.82) is 0 Å². The number of methoxy groups -OCH3 is 2. The van der Waals surface area contributed by atoms with Gasteiger partial charge in [-0.05, 0) is 25.1 Å². The molecule has 0 radical (unpaired) electrons. The van der Waals surface area contributed by atoms with E-state index in [4.69, 9.17) is 13.9 Å². The van der Waals surface area contributed by atoms with Gasteiger partial charge in [-0.15, -0.1) is 0 Å². The molecule has 0 amide bonds. The van der Waals surface area contributed by atoms with Crippen LogP contribution in [0.5, 0.6) is 5.75 Å². The number of hydrogen-bond donors (Lipinski definition) is 1. The van der Waals surface area contributed by atoms with Crippen LogP contribution in [0.3, 0.4) is 0 Å². The van der Waals surface area contributed by atoms with Gasteiger partial charge in [0.05, 0.1) is 20.3 Å². The third kappa shape index (κ3) is 5.10. The minimum Gasteiger partial charge on any atom is -0.491 e. The molecule has 0 aliphatic rings. The van der Waals surface area contributed by atoms with Crippen molar-refractivity contribution in [3.05, 3.63) is 39.8 Å². The molecule has 1 aromatic heterocycles. The van der Waals surface area contributed by atoms with Crippen LogP contribution in [-0.4, -0.2) is 33.5 Å². The molecule has 6 nitrogen and oxygen atoms in total. The standard InChI is InChI=1S/C20H33NO5Si/c1-12(2)13(3)17(26-27(9,10)20(4,5)6)14-11-15(22)18(24-7)16(21-14)19(23)25-8/h11,13,17H,1H2,2-10H3,(H,21,22). The van der Waals surface area contributed by atoms with E-state index in [0.29, 0.717) is 5.69 Å².